The second kappa shape index (κ2) is 5.95. The van der Waals surface area contributed by atoms with Crippen LogP contribution in [0.5, 0.6) is 0 Å². The minimum Gasteiger partial charge on any atom is -0.359 e. The van der Waals surface area contributed by atoms with Gasteiger partial charge in [-0.15, -0.1) is 0 Å². The van der Waals surface area contributed by atoms with Gasteiger partial charge in [0, 0.05) is 26.0 Å². The number of hydrogen-bond acceptors (Lipinski definition) is 5. The number of fused-ring (bicyclic) bond motifs is 1. The van der Waals surface area contributed by atoms with Crippen molar-refractivity contribution in [3.05, 3.63) is 35.9 Å². The Morgan fingerprint density at radius 1 is 1.45 bits per heavy atom. The van der Waals surface area contributed by atoms with Crippen molar-refractivity contribution in [1.82, 2.24) is 10.2 Å². The quantitative estimate of drug-likeness (QED) is 0.899. The lowest BCUT2D eigenvalue weighted by Crippen LogP contribution is -2.57. The fourth-order valence-electron chi connectivity index (χ4n) is 2.49. The molecule has 0 aliphatic carbocycles. The first-order chi connectivity index (χ1) is 9.79. The van der Waals surface area contributed by atoms with Crippen molar-refractivity contribution >= 4 is 22.8 Å². The molecule has 20 heavy (non-hydrogen) atoms. The third-order valence-electron chi connectivity index (χ3n) is 3.48. The van der Waals surface area contributed by atoms with Crippen LogP contribution in [0.25, 0.3) is 0 Å². The minimum absolute atomic E-state index is 0.145. The molecule has 0 bridgehead atoms. The van der Waals surface area contributed by atoms with Crippen LogP contribution in [0.15, 0.2) is 35.3 Å². The molecule has 106 valence electrons. The van der Waals surface area contributed by atoms with E-state index in [9.17, 15) is 4.79 Å². The van der Waals surface area contributed by atoms with Gasteiger partial charge in [0.2, 0.25) is 0 Å². The van der Waals surface area contributed by atoms with E-state index in [1.54, 1.807) is 18.9 Å². The number of nitrogens with zero attached hydrogens (tertiary/aromatic N) is 2. The van der Waals surface area contributed by atoms with Crippen LogP contribution in [0.3, 0.4) is 0 Å². The van der Waals surface area contributed by atoms with E-state index >= 15 is 0 Å². The molecule has 0 spiro atoms. The summed E-state index contributed by atoms with van der Waals surface area (Å²) in [5.41, 5.74) is 1.14. The van der Waals surface area contributed by atoms with Crippen molar-refractivity contribution in [2.24, 2.45) is 4.99 Å². The number of thioether (sulfide) groups is 1. The third-order valence-corrected chi connectivity index (χ3v) is 4.45. The van der Waals surface area contributed by atoms with Gasteiger partial charge in [-0.2, -0.15) is 4.99 Å². The first-order valence-electron chi connectivity index (χ1n) is 6.61. The number of methoxy groups -OCH3 is 1. The fourth-order valence-corrected chi connectivity index (χ4v) is 3.47. The van der Waals surface area contributed by atoms with Crippen molar-refractivity contribution < 1.29 is 9.53 Å². The molecule has 3 rings (SSSR count). The van der Waals surface area contributed by atoms with Gasteiger partial charge in [0.15, 0.2) is 11.4 Å². The Bertz CT molecular complexity index is 520. The maximum atomic E-state index is 12.2. The summed E-state index contributed by atoms with van der Waals surface area (Å²) in [7, 11) is 1.64. The van der Waals surface area contributed by atoms with Crippen molar-refractivity contribution in [1.29, 1.82) is 0 Å². The molecule has 1 N–H and O–H groups in total. The summed E-state index contributed by atoms with van der Waals surface area (Å²) in [5.74, 6) is 0.811. The van der Waals surface area contributed by atoms with Crippen LogP contribution in [-0.4, -0.2) is 47.7 Å². The van der Waals surface area contributed by atoms with Crippen molar-refractivity contribution in [2.45, 2.75) is 18.8 Å². The number of aliphatic imine (C=N–C) groups is 1. The van der Waals surface area contributed by atoms with Gasteiger partial charge in [0.1, 0.15) is 6.04 Å². The number of amides is 1. The number of carbonyl (C=O) groups excluding carboxylic acids is 1. The van der Waals surface area contributed by atoms with Crippen molar-refractivity contribution in [3.63, 3.8) is 0 Å². The highest BCUT2D eigenvalue weighted by atomic mass is 32.2. The topological polar surface area (TPSA) is 53.9 Å². The lowest BCUT2D eigenvalue weighted by Gasteiger charge is -2.36. The van der Waals surface area contributed by atoms with Crippen LogP contribution in [0.1, 0.15) is 5.56 Å². The third kappa shape index (κ3) is 2.59. The number of carbonyl (C=O) groups is 1. The summed E-state index contributed by atoms with van der Waals surface area (Å²) in [5, 5.41) is 4.06. The van der Waals surface area contributed by atoms with Gasteiger partial charge in [-0.3, -0.25) is 10.1 Å². The molecule has 0 aromatic heterocycles. The van der Waals surface area contributed by atoms with Gasteiger partial charge in [0.25, 0.3) is 5.91 Å². The summed E-state index contributed by atoms with van der Waals surface area (Å²) < 4.78 is 5.52. The van der Waals surface area contributed by atoms with Gasteiger partial charge < -0.3 is 9.64 Å². The van der Waals surface area contributed by atoms with E-state index in [0.717, 1.165) is 23.0 Å². The van der Waals surface area contributed by atoms with Crippen LogP contribution in [0.4, 0.5) is 0 Å². The lowest BCUT2D eigenvalue weighted by molar-refractivity contribution is -0.128. The summed E-state index contributed by atoms with van der Waals surface area (Å²) in [4.78, 5) is 18.4. The number of nitrogens with one attached hydrogen (secondary N) is 1. The molecule has 1 aromatic rings. The van der Waals surface area contributed by atoms with E-state index in [0.29, 0.717) is 6.54 Å². The second-order valence-corrected chi connectivity index (χ2v) is 5.81. The standard InChI is InChI=1S/C14H17N3O2S/c1-19-13-11(15-9-10-5-3-2-4-6-10)12(18)16-14-17(13)7-8-20-14/h2-6,11,13,15H,7-9H2,1H3. The van der Waals surface area contributed by atoms with E-state index in [1.165, 1.54) is 0 Å². The Hall–Kier alpha value is -1.37. The predicted octanol–water partition coefficient (Wildman–Crippen LogP) is 1.06. The number of hydrogen-bond donors (Lipinski definition) is 1. The number of ether oxygens (including phenoxy) is 1. The van der Waals surface area contributed by atoms with Crippen LogP contribution in [0, 0.1) is 0 Å². The van der Waals surface area contributed by atoms with E-state index in [2.05, 4.69) is 15.2 Å². The second-order valence-electron chi connectivity index (χ2n) is 4.74. The molecular weight excluding hydrogens is 274 g/mol. The van der Waals surface area contributed by atoms with Gasteiger partial charge in [-0.25, -0.2) is 0 Å². The number of amidine groups is 1. The SMILES string of the molecule is COC1C(NCc2ccccc2)C(=O)N=C2SCCN21. The summed E-state index contributed by atoms with van der Waals surface area (Å²) >= 11 is 1.61. The molecule has 1 fully saturated rings. The highest BCUT2D eigenvalue weighted by Gasteiger charge is 2.41. The molecule has 6 heteroatoms. The van der Waals surface area contributed by atoms with Crippen molar-refractivity contribution in [2.75, 3.05) is 19.4 Å². The molecule has 2 aliphatic rings. The zero-order valence-corrected chi connectivity index (χ0v) is 12.1. The fraction of sp³-hybridized carbons (Fsp3) is 0.429. The minimum atomic E-state index is -0.414. The maximum absolute atomic E-state index is 12.2. The van der Waals surface area contributed by atoms with Gasteiger partial charge in [0.05, 0.1) is 0 Å². The molecule has 5 nitrogen and oxygen atoms in total. The highest BCUT2D eigenvalue weighted by molar-refractivity contribution is 8.14. The van der Waals surface area contributed by atoms with Gasteiger partial charge in [-0.1, -0.05) is 42.1 Å². The Labute approximate surface area is 122 Å². The van der Waals surface area contributed by atoms with Gasteiger partial charge in [-0.05, 0) is 5.56 Å². The highest BCUT2D eigenvalue weighted by Crippen LogP contribution is 2.26. The largest absolute Gasteiger partial charge is 0.359 e. The summed E-state index contributed by atoms with van der Waals surface area (Å²) in [6.45, 7) is 1.50. The van der Waals surface area contributed by atoms with Gasteiger partial charge >= 0.3 is 0 Å². The molecule has 0 saturated carbocycles. The molecule has 1 saturated heterocycles. The Morgan fingerprint density at radius 2 is 2.25 bits per heavy atom. The average Bonchev–Trinajstić information content (AvgIpc) is 2.93. The van der Waals surface area contributed by atoms with Crippen LogP contribution < -0.4 is 5.32 Å². The van der Waals surface area contributed by atoms with E-state index < -0.39 is 6.04 Å². The molecule has 2 heterocycles. The summed E-state index contributed by atoms with van der Waals surface area (Å²) in [6, 6.07) is 9.60. The average molecular weight is 291 g/mol. The molecule has 0 radical (unpaired) electrons. The first kappa shape index (κ1) is 13.6. The molecule has 2 aliphatic heterocycles. The van der Waals surface area contributed by atoms with Crippen LogP contribution in [0.2, 0.25) is 0 Å². The molecular formula is C14H17N3O2S. The molecule has 2 atom stereocenters. The lowest BCUT2D eigenvalue weighted by atomic mass is 10.1. The van der Waals surface area contributed by atoms with Crippen LogP contribution >= 0.6 is 11.8 Å². The molecule has 2 unspecified atom stereocenters. The Balaban J connectivity index is 1.73. The van der Waals surface area contributed by atoms with Crippen LogP contribution in [-0.2, 0) is 16.1 Å². The number of rotatable bonds is 4. The molecule has 1 amide bonds. The Morgan fingerprint density at radius 3 is 3.00 bits per heavy atom. The number of benzene rings is 1. The zero-order chi connectivity index (χ0) is 13.9. The normalized spacial score (nSPS) is 25.6. The van der Waals surface area contributed by atoms with E-state index in [-0.39, 0.29) is 12.1 Å². The Kier molecular flexibility index (Phi) is 4.05. The molecule has 1 aromatic carbocycles. The monoisotopic (exact) mass is 291 g/mol. The van der Waals surface area contributed by atoms with Crippen molar-refractivity contribution in [3.8, 4) is 0 Å². The zero-order valence-electron chi connectivity index (χ0n) is 11.3. The summed E-state index contributed by atoms with van der Waals surface area (Å²) in [6.07, 6.45) is -0.270. The smallest absolute Gasteiger partial charge is 0.269 e. The maximum Gasteiger partial charge on any atom is 0.269 e. The van der Waals surface area contributed by atoms with E-state index in [4.69, 9.17) is 4.74 Å². The van der Waals surface area contributed by atoms with E-state index in [1.807, 2.05) is 30.3 Å². The first-order valence-corrected chi connectivity index (χ1v) is 7.60. The predicted molar refractivity (Wildman–Crippen MR) is 79.5 cm³/mol.